The van der Waals surface area contributed by atoms with E-state index < -0.39 is 0 Å². The summed E-state index contributed by atoms with van der Waals surface area (Å²) in [5.41, 5.74) is 0.499. The number of aryl methyl sites for hydroxylation is 1. The Kier molecular flexibility index (Phi) is 3.94. The predicted octanol–water partition coefficient (Wildman–Crippen LogP) is 1.90. The van der Waals surface area contributed by atoms with Crippen molar-refractivity contribution >= 4 is 5.91 Å². The lowest BCUT2D eigenvalue weighted by molar-refractivity contribution is 0.0949. The van der Waals surface area contributed by atoms with Gasteiger partial charge in [-0.15, -0.1) is 0 Å². The Bertz CT molecular complexity index is 653. The second kappa shape index (κ2) is 5.83. The van der Waals surface area contributed by atoms with Gasteiger partial charge in [-0.25, -0.2) is 4.39 Å². The van der Waals surface area contributed by atoms with E-state index in [1.54, 1.807) is 25.1 Å². The van der Waals surface area contributed by atoms with Crippen molar-refractivity contribution in [2.24, 2.45) is 0 Å². The molecule has 4 nitrogen and oxygen atoms in total. The number of benzene rings is 1. The maximum atomic E-state index is 13.2. The van der Waals surface area contributed by atoms with Gasteiger partial charge in [0.2, 0.25) is 0 Å². The average Bonchev–Trinajstić information content (AvgIpc) is 2.83. The van der Waals surface area contributed by atoms with Gasteiger partial charge in [0.05, 0.1) is 12.1 Å². The molecule has 0 bridgehead atoms. The number of carbonyl (C=O) groups excluding carboxylic acids is 1. The van der Waals surface area contributed by atoms with Crippen LogP contribution in [0.4, 0.5) is 4.39 Å². The SMILES string of the molecule is Cc1cc(C(=O)NCC#Cc2ccccc2F)no1. The predicted molar refractivity (Wildman–Crippen MR) is 66.9 cm³/mol. The molecule has 0 aliphatic rings. The van der Waals surface area contributed by atoms with Crippen LogP contribution in [0.2, 0.25) is 0 Å². The summed E-state index contributed by atoms with van der Waals surface area (Å²) in [6.07, 6.45) is 0. The smallest absolute Gasteiger partial charge is 0.274 e. The van der Waals surface area contributed by atoms with Crippen LogP contribution in [-0.4, -0.2) is 17.6 Å². The minimum atomic E-state index is -0.381. The van der Waals surface area contributed by atoms with Gasteiger partial charge < -0.3 is 9.84 Å². The molecular formula is C14H11FN2O2. The molecule has 2 rings (SSSR count). The third-order valence-corrected chi connectivity index (χ3v) is 2.29. The molecule has 1 heterocycles. The van der Waals surface area contributed by atoms with Crippen LogP contribution >= 0.6 is 0 Å². The van der Waals surface area contributed by atoms with Crippen LogP contribution in [-0.2, 0) is 0 Å². The Morgan fingerprint density at radius 3 is 2.95 bits per heavy atom. The fourth-order valence-corrected chi connectivity index (χ4v) is 1.39. The highest BCUT2D eigenvalue weighted by Gasteiger charge is 2.08. The second-order valence-electron chi connectivity index (χ2n) is 3.79. The van der Waals surface area contributed by atoms with Crippen LogP contribution in [0.1, 0.15) is 21.8 Å². The van der Waals surface area contributed by atoms with Crippen molar-refractivity contribution in [1.29, 1.82) is 0 Å². The summed E-state index contributed by atoms with van der Waals surface area (Å²) in [5, 5.41) is 6.12. The zero-order valence-electron chi connectivity index (χ0n) is 10.2. The molecule has 5 heteroatoms. The van der Waals surface area contributed by atoms with Gasteiger partial charge in [-0.1, -0.05) is 29.1 Å². The second-order valence-corrected chi connectivity index (χ2v) is 3.79. The summed E-state index contributed by atoms with van der Waals surface area (Å²) in [5.74, 6) is 5.11. The van der Waals surface area contributed by atoms with E-state index in [0.29, 0.717) is 11.3 Å². The molecule has 1 aromatic heterocycles. The van der Waals surface area contributed by atoms with Gasteiger partial charge in [-0.05, 0) is 19.1 Å². The van der Waals surface area contributed by atoms with Crippen LogP contribution in [0.3, 0.4) is 0 Å². The number of hydrogen-bond donors (Lipinski definition) is 1. The number of hydrogen-bond acceptors (Lipinski definition) is 3. The first-order valence-electron chi connectivity index (χ1n) is 5.62. The lowest BCUT2D eigenvalue weighted by atomic mass is 10.2. The molecule has 1 aromatic carbocycles. The summed E-state index contributed by atoms with van der Waals surface area (Å²) >= 11 is 0. The Balaban J connectivity index is 1.91. The van der Waals surface area contributed by atoms with Crippen molar-refractivity contribution in [3.8, 4) is 11.8 Å². The number of halogens is 1. The van der Waals surface area contributed by atoms with E-state index >= 15 is 0 Å². The molecule has 96 valence electrons. The molecule has 1 N–H and O–H groups in total. The fourth-order valence-electron chi connectivity index (χ4n) is 1.39. The van der Waals surface area contributed by atoms with Gasteiger partial charge >= 0.3 is 0 Å². The number of nitrogens with zero attached hydrogens (tertiary/aromatic N) is 1. The van der Waals surface area contributed by atoms with Gasteiger partial charge in [0.25, 0.3) is 5.91 Å². The highest BCUT2D eigenvalue weighted by Crippen LogP contribution is 2.03. The molecule has 0 unspecified atom stereocenters. The van der Waals surface area contributed by atoms with Crippen LogP contribution in [0.15, 0.2) is 34.9 Å². The maximum absolute atomic E-state index is 13.2. The molecule has 19 heavy (non-hydrogen) atoms. The highest BCUT2D eigenvalue weighted by atomic mass is 19.1. The van der Waals surface area contributed by atoms with Gasteiger partial charge in [0.15, 0.2) is 5.69 Å². The molecule has 0 saturated carbocycles. The summed E-state index contributed by atoms with van der Waals surface area (Å²) < 4.78 is 18.0. The first-order chi connectivity index (χ1) is 9.16. The number of amides is 1. The van der Waals surface area contributed by atoms with Crippen molar-refractivity contribution in [2.45, 2.75) is 6.92 Å². The van der Waals surface area contributed by atoms with E-state index in [9.17, 15) is 9.18 Å². The minimum Gasteiger partial charge on any atom is -0.361 e. The van der Waals surface area contributed by atoms with Gasteiger partial charge in [-0.2, -0.15) is 0 Å². The molecule has 2 aromatic rings. The molecule has 0 fully saturated rings. The molecule has 0 saturated heterocycles. The fraction of sp³-hybridized carbons (Fsp3) is 0.143. The molecule has 0 spiro atoms. The molecule has 0 atom stereocenters. The van der Waals surface area contributed by atoms with Crippen molar-refractivity contribution in [3.63, 3.8) is 0 Å². The normalized spacial score (nSPS) is 9.58. The topological polar surface area (TPSA) is 55.1 Å². The van der Waals surface area contributed by atoms with Crippen LogP contribution in [0, 0.1) is 24.6 Å². The Hall–Kier alpha value is -2.61. The standard InChI is InChI=1S/C14H11FN2O2/c1-10-9-13(17-19-10)14(18)16-8-4-6-11-5-2-3-7-12(11)15/h2-3,5,7,9H,8H2,1H3,(H,16,18). The lowest BCUT2D eigenvalue weighted by Crippen LogP contribution is -2.23. The van der Waals surface area contributed by atoms with Gasteiger partial charge in [0.1, 0.15) is 11.6 Å². The van der Waals surface area contributed by atoms with E-state index in [4.69, 9.17) is 4.52 Å². The van der Waals surface area contributed by atoms with Gasteiger partial charge in [-0.3, -0.25) is 4.79 Å². The van der Waals surface area contributed by atoms with Crippen molar-refractivity contribution < 1.29 is 13.7 Å². The average molecular weight is 258 g/mol. The molecule has 1 amide bonds. The minimum absolute atomic E-state index is 0.110. The molecule has 0 radical (unpaired) electrons. The van der Waals surface area contributed by atoms with E-state index in [0.717, 1.165) is 0 Å². The third-order valence-electron chi connectivity index (χ3n) is 2.29. The van der Waals surface area contributed by atoms with E-state index in [2.05, 4.69) is 22.3 Å². The lowest BCUT2D eigenvalue weighted by Gasteiger charge is -1.95. The largest absolute Gasteiger partial charge is 0.361 e. The molecule has 0 aliphatic heterocycles. The summed E-state index contributed by atoms with van der Waals surface area (Å²) in [7, 11) is 0. The zero-order chi connectivity index (χ0) is 13.7. The Morgan fingerprint density at radius 1 is 1.47 bits per heavy atom. The molecular weight excluding hydrogens is 247 g/mol. The van der Waals surface area contributed by atoms with Gasteiger partial charge in [0, 0.05) is 6.07 Å². The Morgan fingerprint density at radius 2 is 2.26 bits per heavy atom. The summed E-state index contributed by atoms with van der Waals surface area (Å²) in [6.45, 7) is 1.81. The van der Waals surface area contributed by atoms with Crippen molar-refractivity contribution in [1.82, 2.24) is 10.5 Å². The van der Waals surface area contributed by atoms with Crippen LogP contribution < -0.4 is 5.32 Å². The van der Waals surface area contributed by atoms with E-state index in [1.807, 2.05) is 0 Å². The monoisotopic (exact) mass is 258 g/mol. The summed E-state index contributed by atoms with van der Waals surface area (Å²) in [6, 6.07) is 7.73. The number of carbonyl (C=O) groups is 1. The van der Waals surface area contributed by atoms with Crippen molar-refractivity contribution in [2.75, 3.05) is 6.54 Å². The number of nitrogens with one attached hydrogen (secondary N) is 1. The van der Waals surface area contributed by atoms with Crippen LogP contribution in [0.25, 0.3) is 0 Å². The van der Waals surface area contributed by atoms with Crippen LogP contribution in [0.5, 0.6) is 0 Å². The summed E-state index contributed by atoms with van der Waals surface area (Å²) in [4.78, 5) is 11.6. The number of aromatic nitrogens is 1. The quantitative estimate of drug-likeness (QED) is 0.837. The third kappa shape index (κ3) is 3.42. The van der Waals surface area contributed by atoms with E-state index in [-0.39, 0.29) is 24.0 Å². The highest BCUT2D eigenvalue weighted by molar-refractivity contribution is 5.92. The first-order valence-corrected chi connectivity index (χ1v) is 5.62. The first kappa shape index (κ1) is 12.8. The molecule has 0 aliphatic carbocycles. The maximum Gasteiger partial charge on any atom is 0.274 e. The van der Waals surface area contributed by atoms with E-state index in [1.165, 1.54) is 12.1 Å². The zero-order valence-corrected chi connectivity index (χ0v) is 10.2. The Labute approximate surface area is 109 Å². The number of rotatable bonds is 2. The van der Waals surface area contributed by atoms with Crippen molar-refractivity contribution in [3.05, 3.63) is 53.2 Å².